The van der Waals surface area contributed by atoms with Crippen molar-refractivity contribution in [3.8, 4) is 0 Å². The van der Waals surface area contributed by atoms with Crippen LogP contribution in [0.4, 0.5) is 4.79 Å². The number of hydrogen-bond donors (Lipinski definition) is 0. The highest BCUT2D eigenvalue weighted by molar-refractivity contribution is 6.29. The van der Waals surface area contributed by atoms with Gasteiger partial charge in [0.05, 0.1) is 0 Å². The molecule has 1 saturated heterocycles. The van der Waals surface area contributed by atoms with E-state index in [1.807, 2.05) is 6.07 Å². The summed E-state index contributed by atoms with van der Waals surface area (Å²) >= 11 is 5.75. The van der Waals surface area contributed by atoms with Crippen LogP contribution < -0.4 is 0 Å². The monoisotopic (exact) mass is 265 g/mol. The summed E-state index contributed by atoms with van der Waals surface area (Å²) in [7, 11) is 0. The van der Waals surface area contributed by atoms with Gasteiger partial charge in [-0.2, -0.15) is 4.99 Å². The van der Waals surface area contributed by atoms with E-state index in [1.54, 1.807) is 12.3 Å². The third-order valence-electron chi connectivity index (χ3n) is 3.12. The molecule has 94 valence electrons. The zero-order valence-corrected chi connectivity index (χ0v) is 10.4. The molecule has 1 amide bonds. The summed E-state index contributed by atoms with van der Waals surface area (Å²) in [6.45, 7) is 1.56. The summed E-state index contributed by atoms with van der Waals surface area (Å²) in [4.78, 5) is 21.2. The molecule has 0 spiro atoms. The van der Waals surface area contributed by atoms with Crippen molar-refractivity contribution in [1.29, 1.82) is 0 Å². The Labute approximate surface area is 109 Å². The summed E-state index contributed by atoms with van der Waals surface area (Å²) in [6.07, 6.45) is 2.96. The molecule has 6 heteroatoms. The molecular formula is C12H12ClN3O2. The minimum atomic E-state index is -0.476. The predicted molar refractivity (Wildman–Crippen MR) is 66.6 cm³/mol. The van der Waals surface area contributed by atoms with Crippen molar-refractivity contribution >= 4 is 23.5 Å². The van der Waals surface area contributed by atoms with Crippen LogP contribution in [0.2, 0.25) is 5.15 Å². The lowest BCUT2D eigenvalue weighted by Crippen LogP contribution is -2.42. The first-order chi connectivity index (χ1) is 8.72. The van der Waals surface area contributed by atoms with Gasteiger partial charge in [-0.15, -0.1) is 0 Å². The van der Waals surface area contributed by atoms with Gasteiger partial charge < -0.3 is 9.64 Å². The fraction of sp³-hybridized carbons (Fsp3) is 0.417. The van der Waals surface area contributed by atoms with Gasteiger partial charge in [-0.25, -0.2) is 9.78 Å². The fourth-order valence-corrected chi connectivity index (χ4v) is 2.40. The Balaban J connectivity index is 1.77. The van der Waals surface area contributed by atoms with Gasteiger partial charge in [0, 0.05) is 19.3 Å². The van der Waals surface area contributed by atoms with Gasteiger partial charge in [-0.1, -0.05) is 17.7 Å². The average Bonchev–Trinajstić information content (AvgIpc) is 2.73. The van der Waals surface area contributed by atoms with Crippen LogP contribution in [0.1, 0.15) is 18.4 Å². The Morgan fingerprint density at radius 3 is 3.17 bits per heavy atom. The number of nitrogens with zero attached hydrogens (tertiary/aromatic N) is 3. The van der Waals surface area contributed by atoms with Crippen molar-refractivity contribution in [2.24, 2.45) is 4.99 Å². The second-order valence-corrected chi connectivity index (χ2v) is 4.78. The topological polar surface area (TPSA) is 54.8 Å². The lowest BCUT2D eigenvalue weighted by molar-refractivity contribution is 0.131. The average molecular weight is 266 g/mol. The van der Waals surface area contributed by atoms with Crippen molar-refractivity contribution in [2.45, 2.75) is 25.5 Å². The number of amidine groups is 1. The number of piperidine rings is 1. The molecule has 1 aromatic rings. The van der Waals surface area contributed by atoms with E-state index in [9.17, 15) is 4.79 Å². The van der Waals surface area contributed by atoms with Crippen LogP contribution in [0.15, 0.2) is 23.3 Å². The van der Waals surface area contributed by atoms with Crippen LogP contribution in [-0.4, -0.2) is 34.5 Å². The van der Waals surface area contributed by atoms with Crippen molar-refractivity contribution in [2.75, 3.05) is 6.54 Å². The highest BCUT2D eigenvalue weighted by Gasteiger charge is 2.35. The minimum Gasteiger partial charge on any atom is -0.436 e. The van der Waals surface area contributed by atoms with Gasteiger partial charge in [-0.3, -0.25) is 0 Å². The second kappa shape index (κ2) is 4.57. The van der Waals surface area contributed by atoms with E-state index in [0.29, 0.717) is 11.7 Å². The smallest absolute Gasteiger partial charge is 0.436 e. The number of hydrogen-bond acceptors (Lipinski definition) is 4. The number of pyridine rings is 1. The van der Waals surface area contributed by atoms with Crippen molar-refractivity contribution in [1.82, 2.24) is 9.88 Å². The van der Waals surface area contributed by atoms with Crippen LogP contribution in [-0.2, 0) is 11.3 Å². The fourth-order valence-electron chi connectivity index (χ4n) is 2.29. The number of carbonyl (C=O) groups excluding carboxylic acids is 1. The van der Waals surface area contributed by atoms with Gasteiger partial charge in [0.25, 0.3) is 0 Å². The minimum absolute atomic E-state index is 0.161. The van der Waals surface area contributed by atoms with E-state index in [2.05, 4.69) is 14.9 Å². The lowest BCUT2D eigenvalue weighted by atomic mass is 10.1. The van der Waals surface area contributed by atoms with Gasteiger partial charge in [0.2, 0.25) is 0 Å². The van der Waals surface area contributed by atoms with Crippen molar-refractivity contribution in [3.05, 3.63) is 29.0 Å². The highest BCUT2D eigenvalue weighted by atomic mass is 35.5. The molecule has 18 heavy (non-hydrogen) atoms. The van der Waals surface area contributed by atoms with Crippen LogP contribution in [0, 0.1) is 0 Å². The quantitative estimate of drug-likeness (QED) is 0.770. The molecule has 0 N–H and O–H groups in total. The summed E-state index contributed by atoms with van der Waals surface area (Å²) < 4.78 is 5.13. The molecule has 1 atom stereocenters. The summed E-state index contributed by atoms with van der Waals surface area (Å²) in [5, 5.41) is 0.479. The van der Waals surface area contributed by atoms with Gasteiger partial charge >= 0.3 is 6.09 Å². The molecule has 3 heterocycles. The Morgan fingerprint density at radius 2 is 2.39 bits per heavy atom. The van der Waals surface area contributed by atoms with Crippen LogP contribution >= 0.6 is 11.6 Å². The Kier molecular flexibility index (Phi) is 2.91. The Morgan fingerprint density at radius 1 is 1.50 bits per heavy atom. The van der Waals surface area contributed by atoms with Crippen LogP contribution in [0.3, 0.4) is 0 Å². The molecule has 0 bridgehead atoms. The number of ether oxygens (including phenoxy) is 1. The predicted octanol–water partition coefficient (Wildman–Crippen LogP) is 2.25. The number of fused-ring (bicyclic) bond motifs is 1. The van der Waals surface area contributed by atoms with Crippen LogP contribution in [0.25, 0.3) is 0 Å². The van der Waals surface area contributed by atoms with E-state index in [4.69, 9.17) is 16.3 Å². The number of rotatable bonds is 2. The molecule has 2 aliphatic rings. The molecule has 0 saturated carbocycles. The van der Waals surface area contributed by atoms with Gasteiger partial charge in [0.15, 0.2) is 11.9 Å². The van der Waals surface area contributed by atoms with Gasteiger partial charge in [-0.05, 0) is 24.5 Å². The number of carbonyl (C=O) groups is 1. The maximum Gasteiger partial charge on any atom is 0.436 e. The van der Waals surface area contributed by atoms with E-state index in [-0.39, 0.29) is 6.10 Å². The van der Waals surface area contributed by atoms with E-state index >= 15 is 0 Å². The molecule has 2 aliphatic heterocycles. The number of aromatic nitrogens is 1. The molecule has 0 aliphatic carbocycles. The standard InChI is InChI=1S/C12H12ClN3O2/c13-10-4-3-8(6-14-10)7-16-5-1-2-9-11(16)15-12(17)18-9/h3-4,6,9H,1-2,5,7H2. The zero-order valence-electron chi connectivity index (χ0n) is 9.67. The SMILES string of the molecule is O=C1N=C2C(CCCN2Cc2ccc(Cl)nc2)O1. The van der Waals surface area contributed by atoms with E-state index < -0.39 is 6.09 Å². The first kappa shape index (κ1) is 11.5. The third kappa shape index (κ3) is 2.18. The normalized spacial score (nSPS) is 22.5. The molecule has 5 nitrogen and oxygen atoms in total. The lowest BCUT2D eigenvalue weighted by Gasteiger charge is -2.31. The van der Waals surface area contributed by atoms with Gasteiger partial charge in [0.1, 0.15) is 5.15 Å². The number of aliphatic imine (C=N–C) groups is 1. The first-order valence-electron chi connectivity index (χ1n) is 5.87. The van der Waals surface area contributed by atoms with E-state index in [0.717, 1.165) is 30.8 Å². The summed E-state index contributed by atoms with van der Waals surface area (Å²) in [6, 6.07) is 3.69. The molecule has 0 radical (unpaired) electrons. The Hall–Kier alpha value is -1.62. The molecule has 0 aromatic carbocycles. The van der Waals surface area contributed by atoms with Crippen LogP contribution in [0.5, 0.6) is 0 Å². The van der Waals surface area contributed by atoms with Crippen molar-refractivity contribution < 1.29 is 9.53 Å². The zero-order chi connectivity index (χ0) is 12.5. The molecule has 1 unspecified atom stereocenters. The number of amides is 1. The maximum atomic E-state index is 11.2. The van der Waals surface area contributed by atoms with E-state index in [1.165, 1.54) is 0 Å². The number of halogens is 1. The molecular weight excluding hydrogens is 254 g/mol. The summed E-state index contributed by atoms with van der Waals surface area (Å²) in [5.74, 6) is 0.751. The summed E-state index contributed by atoms with van der Waals surface area (Å²) in [5.41, 5.74) is 1.04. The highest BCUT2D eigenvalue weighted by Crippen LogP contribution is 2.23. The third-order valence-corrected chi connectivity index (χ3v) is 3.34. The molecule has 1 fully saturated rings. The molecule has 1 aromatic heterocycles. The maximum absolute atomic E-state index is 11.2. The first-order valence-corrected chi connectivity index (χ1v) is 6.25. The Bertz CT molecular complexity index is 501. The largest absolute Gasteiger partial charge is 0.436 e. The second-order valence-electron chi connectivity index (χ2n) is 4.40. The van der Waals surface area contributed by atoms with Crippen molar-refractivity contribution in [3.63, 3.8) is 0 Å². The molecule has 3 rings (SSSR count). The number of likely N-dealkylation sites (tertiary alicyclic amines) is 1.